The predicted molar refractivity (Wildman–Crippen MR) is 119 cm³/mol. The molecular formula is C22H28N6O4. The average molecular weight is 441 g/mol. The van der Waals surface area contributed by atoms with E-state index in [0.717, 1.165) is 13.1 Å². The molecule has 0 aromatic carbocycles. The van der Waals surface area contributed by atoms with Crippen molar-refractivity contribution in [3.05, 3.63) is 51.9 Å². The zero-order chi connectivity index (χ0) is 22.5. The first-order valence-corrected chi connectivity index (χ1v) is 10.8. The maximum Gasteiger partial charge on any atom is 0.267 e. The van der Waals surface area contributed by atoms with Gasteiger partial charge in [0.2, 0.25) is 0 Å². The molecule has 1 aliphatic rings. The first-order chi connectivity index (χ1) is 15.6. The van der Waals surface area contributed by atoms with Gasteiger partial charge in [-0.25, -0.2) is 4.98 Å². The van der Waals surface area contributed by atoms with Crippen molar-refractivity contribution in [2.24, 2.45) is 0 Å². The fraction of sp³-hybridized carbons (Fsp3) is 0.455. The summed E-state index contributed by atoms with van der Waals surface area (Å²) in [6.45, 7) is 5.14. The SMILES string of the molecule is COCCCn1c(=N)c(C(=O)NCCN2CCOCC2)cc2c(=O)n3ccccc3nc21. The zero-order valence-corrected chi connectivity index (χ0v) is 18.2. The molecule has 3 aromatic heterocycles. The smallest absolute Gasteiger partial charge is 0.267 e. The number of ether oxygens (including phenoxy) is 2. The Bertz CT molecular complexity index is 1230. The van der Waals surface area contributed by atoms with Crippen LogP contribution in [0.3, 0.4) is 0 Å². The van der Waals surface area contributed by atoms with Crippen molar-refractivity contribution in [3.8, 4) is 0 Å². The number of methoxy groups -OCH3 is 1. The van der Waals surface area contributed by atoms with E-state index in [1.807, 2.05) is 0 Å². The average Bonchev–Trinajstić information content (AvgIpc) is 2.81. The molecule has 0 spiro atoms. The predicted octanol–water partition coefficient (Wildman–Crippen LogP) is 0.227. The molecule has 10 heteroatoms. The number of aromatic nitrogens is 3. The van der Waals surface area contributed by atoms with Gasteiger partial charge in [0, 0.05) is 52.6 Å². The maximum absolute atomic E-state index is 13.2. The molecule has 32 heavy (non-hydrogen) atoms. The second-order valence-corrected chi connectivity index (χ2v) is 7.70. The fourth-order valence-electron chi connectivity index (χ4n) is 3.89. The van der Waals surface area contributed by atoms with Crippen molar-refractivity contribution in [3.63, 3.8) is 0 Å². The van der Waals surface area contributed by atoms with Crippen LogP contribution in [0.5, 0.6) is 0 Å². The number of carbonyl (C=O) groups is 1. The lowest BCUT2D eigenvalue weighted by atomic mass is 10.2. The van der Waals surface area contributed by atoms with Crippen molar-refractivity contribution in [2.45, 2.75) is 13.0 Å². The van der Waals surface area contributed by atoms with Crippen molar-refractivity contribution >= 4 is 22.6 Å². The largest absolute Gasteiger partial charge is 0.385 e. The highest BCUT2D eigenvalue weighted by atomic mass is 16.5. The Morgan fingerprint density at radius 2 is 2.09 bits per heavy atom. The van der Waals surface area contributed by atoms with Crippen molar-refractivity contribution in [2.75, 3.05) is 53.1 Å². The van der Waals surface area contributed by atoms with Crippen LogP contribution in [0.15, 0.2) is 35.3 Å². The Hall–Kier alpha value is -3.08. The second-order valence-electron chi connectivity index (χ2n) is 7.70. The lowest BCUT2D eigenvalue weighted by Gasteiger charge is -2.26. The van der Waals surface area contributed by atoms with Gasteiger partial charge in [-0.15, -0.1) is 0 Å². The molecule has 0 bridgehead atoms. The first kappa shape index (κ1) is 22.1. The summed E-state index contributed by atoms with van der Waals surface area (Å²) in [5.41, 5.74) is 0.810. The third-order valence-corrected chi connectivity index (χ3v) is 5.61. The molecule has 0 aliphatic carbocycles. The molecule has 0 saturated carbocycles. The van der Waals surface area contributed by atoms with E-state index in [-0.39, 0.29) is 22.5 Å². The number of morpholine rings is 1. The van der Waals surface area contributed by atoms with E-state index in [0.29, 0.717) is 62.6 Å². The Kier molecular flexibility index (Phi) is 6.93. The molecule has 1 saturated heterocycles. The van der Waals surface area contributed by atoms with E-state index in [4.69, 9.17) is 14.9 Å². The van der Waals surface area contributed by atoms with Crippen LogP contribution in [-0.4, -0.2) is 77.9 Å². The van der Waals surface area contributed by atoms with Crippen molar-refractivity contribution < 1.29 is 14.3 Å². The Labute approximate surface area is 184 Å². The molecule has 4 rings (SSSR count). The summed E-state index contributed by atoms with van der Waals surface area (Å²) in [7, 11) is 1.61. The monoisotopic (exact) mass is 440 g/mol. The van der Waals surface area contributed by atoms with Gasteiger partial charge in [0.15, 0.2) is 0 Å². The van der Waals surface area contributed by atoms with E-state index >= 15 is 0 Å². The number of amides is 1. The van der Waals surface area contributed by atoms with Crippen molar-refractivity contribution in [1.82, 2.24) is 24.2 Å². The minimum atomic E-state index is -0.372. The van der Waals surface area contributed by atoms with Gasteiger partial charge in [-0.3, -0.25) is 24.3 Å². The summed E-state index contributed by atoms with van der Waals surface area (Å²) in [5.74, 6) is -0.372. The quantitative estimate of drug-likeness (QED) is 0.383. The highest BCUT2D eigenvalue weighted by Gasteiger charge is 2.18. The number of nitrogens with one attached hydrogen (secondary N) is 2. The van der Waals surface area contributed by atoms with E-state index in [1.165, 1.54) is 10.5 Å². The van der Waals surface area contributed by atoms with E-state index in [2.05, 4.69) is 15.2 Å². The number of aryl methyl sites for hydroxylation is 1. The van der Waals surface area contributed by atoms with E-state index in [1.54, 1.807) is 36.1 Å². The van der Waals surface area contributed by atoms with Gasteiger partial charge < -0.3 is 19.4 Å². The summed E-state index contributed by atoms with van der Waals surface area (Å²) >= 11 is 0. The van der Waals surface area contributed by atoms with Crippen LogP contribution >= 0.6 is 0 Å². The van der Waals surface area contributed by atoms with Crippen LogP contribution in [0, 0.1) is 5.41 Å². The summed E-state index contributed by atoms with van der Waals surface area (Å²) in [5, 5.41) is 11.9. The van der Waals surface area contributed by atoms with Crippen LogP contribution in [0.25, 0.3) is 16.7 Å². The van der Waals surface area contributed by atoms with Gasteiger partial charge in [0.1, 0.15) is 16.8 Å². The summed E-state index contributed by atoms with van der Waals surface area (Å²) in [4.78, 5) is 33.0. The Morgan fingerprint density at radius 1 is 1.28 bits per heavy atom. The molecule has 1 aliphatic heterocycles. The molecule has 0 atom stereocenters. The van der Waals surface area contributed by atoms with Crippen LogP contribution in [0.4, 0.5) is 0 Å². The van der Waals surface area contributed by atoms with Crippen LogP contribution < -0.4 is 16.4 Å². The molecule has 10 nitrogen and oxygen atoms in total. The Morgan fingerprint density at radius 3 is 2.88 bits per heavy atom. The van der Waals surface area contributed by atoms with Gasteiger partial charge in [0.05, 0.1) is 24.2 Å². The standard InChI is InChI=1S/C22H28N6O4/c1-31-12-4-8-28-19(23)16(21(29)24-6-9-26-10-13-32-14-11-26)15-17-20(28)25-18-5-2-3-7-27(18)22(17)30/h2-3,5,7,15,23H,4,6,8-14H2,1H3,(H,24,29). The second kappa shape index (κ2) is 10.0. The maximum atomic E-state index is 13.2. The molecule has 1 amide bonds. The number of hydrogen-bond acceptors (Lipinski definition) is 7. The molecule has 0 unspecified atom stereocenters. The van der Waals surface area contributed by atoms with Gasteiger partial charge in [-0.2, -0.15) is 0 Å². The van der Waals surface area contributed by atoms with Crippen LogP contribution in [0.2, 0.25) is 0 Å². The first-order valence-electron chi connectivity index (χ1n) is 10.8. The summed E-state index contributed by atoms with van der Waals surface area (Å²) < 4.78 is 13.6. The minimum absolute atomic E-state index is 0.0321. The van der Waals surface area contributed by atoms with E-state index < -0.39 is 0 Å². The van der Waals surface area contributed by atoms with Gasteiger partial charge in [-0.1, -0.05) is 6.07 Å². The molecule has 0 radical (unpaired) electrons. The lowest BCUT2D eigenvalue weighted by molar-refractivity contribution is 0.0383. The van der Waals surface area contributed by atoms with Crippen LogP contribution in [-0.2, 0) is 16.0 Å². The topological polar surface area (TPSA) is 114 Å². The molecule has 1 fully saturated rings. The Balaban J connectivity index is 1.69. The summed E-state index contributed by atoms with van der Waals surface area (Å²) in [6.07, 6.45) is 2.27. The number of carbonyl (C=O) groups excluding carboxylic acids is 1. The zero-order valence-electron chi connectivity index (χ0n) is 18.2. The van der Waals surface area contributed by atoms with Gasteiger partial charge in [0.25, 0.3) is 11.5 Å². The number of fused-ring (bicyclic) bond motifs is 2. The molecule has 4 heterocycles. The third-order valence-electron chi connectivity index (χ3n) is 5.61. The molecule has 2 N–H and O–H groups in total. The number of nitrogens with zero attached hydrogens (tertiary/aromatic N) is 4. The number of rotatable bonds is 8. The highest BCUT2D eigenvalue weighted by Crippen LogP contribution is 2.11. The van der Waals surface area contributed by atoms with E-state index in [9.17, 15) is 9.59 Å². The molecule has 3 aromatic rings. The normalized spacial score (nSPS) is 14.8. The van der Waals surface area contributed by atoms with Crippen molar-refractivity contribution in [1.29, 1.82) is 5.41 Å². The minimum Gasteiger partial charge on any atom is -0.385 e. The van der Waals surface area contributed by atoms with Gasteiger partial charge >= 0.3 is 0 Å². The number of pyridine rings is 2. The molecular weight excluding hydrogens is 412 g/mol. The third kappa shape index (κ3) is 4.57. The van der Waals surface area contributed by atoms with Crippen LogP contribution in [0.1, 0.15) is 16.8 Å². The molecule has 170 valence electrons. The number of hydrogen-bond donors (Lipinski definition) is 2. The fourth-order valence-corrected chi connectivity index (χ4v) is 3.89. The summed E-state index contributed by atoms with van der Waals surface area (Å²) in [6, 6.07) is 6.80. The highest BCUT2D eigenvalue weighted by molar-refractivity contribution is 5.96. The van der Waals surface area contributed by atoms with Gasteiger partial charge in [-0.05, 0) is 24.6 Å². The lowest BCUT2D eigenvalue weighted by Crippen LogP contribution is -2.42.